The molecule has 1 atom stereocenters. The summed E-state index contributed by atoms with van der Waals surface area (Å²) in [6, 6.07) is 0. The second-order valence-corrected chi connectivity index (χ2v) is 21.3. The molecule has 73 heavy (non-hydrogen) atoms. The molecule has 0 bridgehead atoms. The monoisotopic (exact) mass is 1020 g/mol. The molecule has 0 N–H and O–H groups in total. The Morgan fingerprint density at radius 3 is 0.822 bits per heavy atom. The van der Waals surface area contributed by atoms with Gasteiger partial charge >= 0.3 is 17.9 Å². The topological polar surface area (TPSA) is 78.9 Å². The predicted molar refractivity (Wildman–Crippen MR) is 316 cm³/mol. The number of allylic oxidation sites excluding steroid dienone is 10. The van der Waals surface area contributed by atoms with E-state index in [-0.39, 0.29) is 31.1 Å². The second-order valence-electron chi connectivity index (χ2n) is 21.3. The first-order chi connectivity index (χ1) is 36.0. The number of ether oxygens (including phenoxy) is 3. The van der Waals surface area contributed by atoms with Crippen molar-refractivity contribution in [3.8, 4) is 0 Å². The molecule has 0 aromatic carbocycles. The number of carbonyl (C=O) groups is 3. The average Bonchev–Trinajstić information content (AvgIpc) is 3.39. The van der Waals surface area contributed by atoms with Gasteiger partial charge in [0.15, 0.2) is 6.10 Å². The molecule has 0 aromatic heterocycles. The van der Waals surface area contributed by atoms with Gasteiger partial charge in [0, 0.05) is 19.3 Å². The van der Waals surface area contributed by atoms with E-state index in [0.717, 1.165) is 83.5 Å². The summed E-state index contributed by atoms with van der Waals surface area (Å²) in [5, 5.41) is 0. The SMILES string of the molecule is CCCCC/C=C\C/C=C\C/C=C\C/C=C\CCCCCC(=O)O[C@H](COC(=O)CCCCCCCCCCC/C=C\CCCCCCCC)COC(=O)CCCCCCCCCCCCCCCCCCC. The minimum atomic E-state index is -0.791. The Morgan fingerprint density at radius 2 is 0.493 bits per heavy atom. The van der Waals surface area contributed by atoms with Crippen LogP contribution in [0.4, 0.5) is 0 Å². The van der Waals surface area contributed by atoms with Gasteiger partial charge < -0.3 is 14.2 Å². The molecule has 0 heterocycles. The van der Waals surface area contributed by atoms with Gasteiger partial charge in [0.05, 0.1) is 0 Å². The number of unbranched alkanes of at least 4 members (excludes halogenated alkanes) is 37. The van der Waals surface area contributed by atoms with Crippen molar-refractivity contribution in [2.75, 3.05) is 13.2 Å². The zero-order valence-corrected chi connectivity index (χ0v) is 48.7. The minimum absolute atomic E-state index is 0.0845. The number of hydrogen-bond acceptors (Lipinski definition) is 6. The van der Waals surface area contributed by atoms with Gasteiger partial charge in [-0.3, -0.25) is 14.4 Å². The quantitative estimate of drug-likeness (QED) is 0.0261. The lowest BCUT2D eigenvalue weighted by Crippen LogP contribution is -2.30. The Kier molecular flexibility index (Phi) is 59.2. The van der Waals surface area contributed by atoms with Crippen LogP contribution in [0.1, 0.15) is 329 Å². The van der Waals surface area contributed by atoms with E-state index in [9.17, 15) is 14.4 Å². The summed E-state index contributed by atoms with van der Waals surface area (Å²) in [5.41, 5.74) is 0. The lowest BCUT2D eigenvalue weighted by Gasteiger charge is -2.18. The molecule has 0 unspecified atom stereocenters. The summed E-state index contributed by atoms with van der Waals surface area (Å²) in [4.78, 5) is 38.3. The van der Waals surface area contributed by atoms with Crippen molar-refractivity contribution in [1.82, 2.24) is 0 Å². The van der Waals surface area contributed by atoms with Crippen molar-refractivity contribution in [2.45, 2.75) is 335 Å². The van der Waals surface area contributed by atoms with E-state index in [1.165, 1.54) is 205 Å². The van der Waals surface area contributed by atoms with E-state index in [1.54, 1.807) is 0 Å². The summed E-state index contributed by atoms with van der Waals surface area (Å²) < 4.78 is 16.9. The lowest BCUT2D eigenvalue weighted by molar-refractivity contribution is -0.167. The third-order valence-electron chi connectivity index (χ3n) is 14.0. The molecular weight excluding hydrogens is 901 g/mol. The zero-order chi connectivity index (χ0) is 52.9. The summed E-state index contributed by atoms with van der Waals surface area (Å²) >= 11 is 0. The minimum Gasteiger partial charge on any atom is -0.462 e. The molecular formula is C67H120O6. The van der Waals surface area contributed by atoms with Crippen molar-refractivity contribution >= 4 is 17.9 Å². The normalized spacial score (nSPS) is 12.4. The molecule has 0 aliphatic heterocycles. The summed E-state index contributed by atoms with van der Waals surface area (Å²) in [7, 11) is 0. The molecule has 0 rings (SSSR count). The van der Waals surface area contributed by atoms with Crippen LogP contribution in [-0.2, 0) is 28.6 Å². The molecule has 6 nitrogen and oxygen atoms in total. The van der Waals surface area contributed by atoms with Gasteiger partial charge in [-0.05, 0) is 89.9 Å². The van der Waals surface area contributed by atoms with Gasteiger partial charge in [0.25, 0.3) is 0 Å². The first-order valence-electron chi connectivity index (χ1n) is 31.8. The van der Waals surface area contributed by atoms with E-state index in [4.69, 9.17) is 14.2 Å². The third-order valence-corrected chi connectivity index (χ3v) is 14.0. The average molecular weight is 1020 g/mol. The Balaban J connectivity index is 4.41. The van der Waals surface area contributed by atoms with Crippen molar-refractivity contribution in [3.63, 3.8) is 0 Å². The highest BCUT2D eigenvalue weighted by atomic mass is 16.6. The Bertz CT molecular complexity index is 1310. The van der Waals surface area contributed by atoms with Gasteiger partial charge in [-0.25, -0.2) is 0 Å². The van der Waals surface area contributed by atoms with E-state index in [2.05, 4.69) is 81.5 Å². The van der Waals surface area contributed by atoms with Crippen molar-refractivity contribution in [3.05, 3.63) is 60.8 Å². The lowest BCUT2D eigenvalue weighted by atomic mass is 10.0. The molecule has 0 fully saturated rings. The molecule has 0 aliphatic rings. The van der Waals surface area contributed by atoms with E-state index >= 15 is 0 Å². The van der Waals surface area contributed by atoms with Crippen LogP contribution in [0.5, 0.6) is 0 Å². The van der Waals surface area contributed by atoms with Crippen LogP contribution < -0.4 is 0 Å². The highest BCUT2D eigenvalue weighted by Gasteiger charge is 2.19. The maximum atomic E-state index is 12.9. The number of carbonyl (C=O) groups excluding carboxylic acids is 3. The smallest absolute Gasteiger partial charge is 0.306 e. The first-order valence-corrected chi connectivity index (χ1v) is 31.8. The fourth-order valence-electron chi connectivity index (χ4n) is 9.19. The fourth-order valence-corrected chi connectivity index (χ4v) is 9.19. The Labute approximate surface area is 453 Å². The van der Waals surface area contributed by atoms with Gasteiger partial charge in [-0.1, -0.05) is 281 Å². The molecule has 0 aliphatic carbocycles. The number of rotatable bonds is 58. The zero-order valence-electron chi connectivity index (χ0n) is 48.7. The van der Waals surface area contributed by atoms with Gasteiger partial charge in [0.2, 0.25) is 0 Å². The van der Waals surface area contributed by atoms with Crippen molar-refractivity contribution in [2.24, 2.45) is 0 Å². The summed E-state index contributed by atoms with van der Waals surface area (Å²) in [6.07, 6.45) is 77.9. The van der Waals surface area contributed by atoms with Crippen LogP contribution in [0, 0.1) is 0 Å². The fraction of sp³-hybridized carbons (Fsp3) is 0.806. The second kappa shape index (κ2) is 61.7. The molecule has 0 aromatic rings. The largest absolute Gasteiger partial charge is 0.462 e. The maximum Gasteiger partial charge on any atom is 0.306 e. The van der Waals surface area contributed by atoms with Crippen molar-refractivity contribution in [1.29, 1.82) is 0 Å². The number of hydrogen-bond donors (Lipinski definition) is 0. The van der Waals surface area contributed by atoms with Crippen LogP contribution in [0.15, 0.2) is 60.8 Å². The molecule has 6 heteroatoms. The predicted octanol–water partition coefficient (Wildman–Crippen LogP) is 21.6. The number of esters is 3. The maximum absolute atomic E-state index is 12.9. The highest BCUT2D eigenvalue weighted by molar-refractivity contribution is 5.71. The van der Waals surface area contributed by atoms with E-state index < -0.39 is 6.10 Å². The first kappa shape index (κ1) is 70.1. The van der Waals surface area contributed by atoms with Gasteiger partial charge in [-0.15, -0.1) is 0 Å². The Morgan fingerprint density at radius 1 is 0.274 bits per heavy atom. The third kappa shape index (κ3) is 59.9. The van der Waals surface area contributed by atoms with Crippen LogP contribution in [0.25, 0.3) is 0 Å². The molecule has 0 spiro atoms. The molecule has 424 valence electrons. The molecule has 0 amide bonds. The van der Waals surface area contributed by atoms with E-state index in [1.807, 2.05) is 0 Å². The molecule has 0 radical (unpaired) electrons. The highest BCUT2D eigenvalue weighted by Crippen LogP contribution is 2.17. The van der Waals surface area contributed by atoms with Crippen LogP contribution in [-0.4, -0.2) is 37.2 Å². The molecule has 0 saturated carbocycles. The summed E-state index contributed by atoms with van der Waals surface area (Å²) in [5.74, 6) is -0.899. The van der Waals surface area contributed by atoms with Gasteiger partial charge in [0.1, 0.15) is 13.2 Å². The summed E-state index contributed by atoms with van der Waals surface area (Å²) in [6.45, 7) is 6.63. The van der Waals surface area contributed by atoms with Crippen LogP contribution in [0.2, 0.25) is 0 Å². The molecule has 0 saturated heterocycles. The van der Waals surface area contributed by atoms with E-state index in [0.29, 0.717) is 19.3 Å². The standard InChI is InChI=1S/C67H120O6/c1-4-7-10-13-16-19-22-25-28-31-33-36-39-42-45-48-51-54-57-60-66(69)72-63-64(62-71-65(68)59-56-53-50-47-44-41-38-35-30-27-24-21-18-15-12-9-6-3)73-67(70)61-58-55-52-49-46-43-40-37-34-32-29-26-23-20-17-14-11-8-5-2/h17,20,25-26,28-29,34,37,43,46,64H,4-16,18-19,21-24,27,30-33,35-36,38-42,44-45,47-63H2,1-3H3/b20-17-,28-25-,29-26-,37-34-,46-43-/t64-/m0/s1. The van der Waals surface area contributed by atoms with Crippen LogP contribution >= 0.6 is 0 Å². The van der Waals surface area contributed by atoms with Crippen LogP contribution in [0.3, 0.4) is 0 Å². The Hall–Kier alpha value is -2.89. The van der Waals surface area contributed by atoms with Crippen molar-refractivity contribution < 1.29 is 28.6 Å². The van der Waals surface area contributed by atoms with Gasteiger partial charge in [-0.2, -0.15) is 0 Å².